The SMILES string of the molecule is C=C1C=CC/C1=C(/CC)C1(C)CCC(CNc2ccccc2)(C(C)C)CC1. The van der Waals surface area contributed by atoms with E-state index < -0.39 is 0 Å². The summed E-state index contributed by atoms with van der Waals surface area (Å²) < 4.78 is 0. The molecule has 1 nitrogen and oxygen atoms in total. The molecule has 0 radical (unpaired) electrons. The average Bonchev–Trinajstić information content (AvgIpc) is 3.08. The number of benzene rings is 1. The number of anilines is 1. The maximum Gasteiger partial charge on any atom is 0.0340 e. The Morgan fingerprint density at radius 2 is 1.78 bits per heavy atom. The van der Waals surface area contributed by atoms with Gasteiger partial charge < -0.3 is 5.32 Å². The molecule has 1 heteroatoms. The van der Waals surface area contributed by atoms with Gasteiger partial charge in [0.2, 0.25) is 0 Å². The quantitative estimate of drug-likeness (QED) is 0.550. The Hall–Kier alpha value is -1.76. The molecule has 0 amide bonds. The fourth-order valence-electron chi connectivity index (χ4n) is 5.27. The van der Waals surface area contributed by atoms with Crippen LogP contribution in [-0.4, -0.2) is 6.54 Å². The van der Waals surface area contributed by atoms with Crippen molar-refractivity contribution in [2.45, 2.75) is 66.2 Å². The maximum absolute atomic E-state index is 4.30. The van der Waals surface area contributed by atoms with Crippen molar-refractivity contribution < 1.29 is 0 Å². The Bertz CT molecular complexity index is 712. The smallest absolute Gasteiger partial charge is 0.0340 e. The van der Waals surface area contributed by atoms with Gasteiger partial charge in [-0.3, -0.25) is 0 Å². The fourth-order valence-corrected chi connectivity index (χ4v) is 5.27. The number of nitrogens with one attached hydrogen (secondary N) is 1. The maximum atomic E-state index is 4.30. The minimum Gasteiger partial charge on any atom is -0.384 e. The highest BCUT2D eigenvalue weighted by atomic mass is 14.9. The minimum atomic E-state index is 0.337. The summed E-state index contributed by atoms with van der Waals surface area (Å²) in [5.74, 6) is 0.694. The van der Waals surface area contributed by atoms with Crippen LogP contribution in [0.3, 0.4) is 0 Å². The zero-order valence-corrected chi connectivity index (χ0v) is 17.8. The highest BCUT2D eigenvalue weighted by Crippen LogP contribution is 2.54. The van der Waals surface area contributed by atoms with E-state index in [0.717, 1.165) is 19.4 Å². The molecule has 27 heavy (non-hydrogen) atoms. The molecule has 1 saturated carbocycles. The van der Waals surface area contributed by atoms with Crippen molar-refractivity contribution >= 4 is 5.69 Å². The van der Waals surface area contributed by atoms with Gasteiger partial charge in [-0.15, -0.1) is 0 Å². The van der Waals surface area contributed by atoms with Crippen molar-refractivity contribution in [1.29, 1.82) is 0 Å². The topological polar surface area (TPSA) is 12.0 Å². The summed E-state index contributed by atoms with van der Waals surface area (Å²) >= 11 is 0. The summed E-state index contributed by atoms with van der Waals surface area (Å²) in [4.78, 5) is 0. The van der Waals surface area contributed by atoms with Crippen LogP contribution in [-0.2, 0) is 0 Å². The minimum absolute atomic E-state index is 0.337. The van der Waals surface area contributed by atoms with E-state index in [4.69, 9.17) is 0 Å². The summed E-state index contributed by atoms with van der Waals surface area (Å²) in [7, 11) is 0. The van der Waals surface area contributed by atoms with E-state index in [1.165, 1.54) is 42.5 Å². The normalized spacial score (nSPS) is 30.0. The fraction of sp³-hybridized carbons (Fsp3) is 0.538. The molecule has 2 aliphatic rings. The Balaban J connectivity index is 1.75. The molecule has 1 fully saturated rings. The number of allylic oxidation sites excluding steroid dienone is 5. The van der Waals surface area contributed by atoms with Gasteiger partial charge in [0.05, 0.1) is 0 Å². The summed E-state index contributed by atoms with van der Waals surface area (Å²) in [6.45, 7) is 15.1. The summed E-state index contributed by atoms with van der Waals surface area (Å²) in [5.41, 5.74) is 6.42. The second-order valence-corrected chi connectivity index (χ2v) is 9.24. The third-order valence-corrected chi connectivity index (χ3v) is 7.47. The van der Waals surface area contributed by atoms with Crippen LogP contribution in [0.15, 0.2) is 65.8 Å². The average molecular weight is 364 g/mol. The Morgan fingerprint density at radius 1 is 1.11 bits per heavy atom. The van der Waals surface area contributed by atoms with Gasteiger partial charge in [0, 0.05) is 12.2 Å². The third-order valence-electron chi connectivity index (χ3n) is 7.47. The molecule has 1 aromatic carbocycles. The molecular weight excluding hydrogens is 326 g/mol. The first-order valence-electron chi connectivity index (χ1n) is 10.8. The van der Waals surface area contributed by atoms with Crippen LogP contribution in [0.2, 0.25) is 0 Å². The number of hydrogen-bond acceptors (Lipinski definition) is 1. The molecule has 1 N–H and O–H groups in total. The predicted octanol–water partition coefficient (Wildman–Crippen LogP) is 7.54. The largest absolute Gasteiger partial charge is 0.384 e. The number of para-hydroxylation sites is 1. The van der Waals surface area contributed by atoms with Crippen LogP contribution in [0.4, 0.5) is 5.69 Å². The lowest BCUT2D eigenvalue weighted by atomic mass is 9.57. The molecule has 0 bridgehead atoms. The van der Waals surface area contributed by atoms with E-state index in [0.29, 0.717) is 16.7 Å². The van der Waals surface area contributed by atoms with Crippen LogP contribution < -0.4 is 5.32 Å². The molecule has 2 aliphatic carbocycles. The predicted molar refractivity (Wildman–Crippen MR) is 119 cm³/mol. The van der Waals surface area contributed by atoms with Gasteiger partial charge in [0.25, 0.3) is 0 Å². The van der Waals surface area contributed by atoms with Crippen LogP contribution in [0.1, 0.15) is 66.2 Å². The molecule has 3 rings (SSSR count). The molecule has 0 atom stereocenters. The first kappa shape index (κ1) is 20.0. The van der Waals surface area contributed by atoms with E-state index in [1.54, 1.807) is 5.57 Å². The van der Waals surface area contributed by atoms with Crippen molar-refractivity contribution in [1.82, 2.24) is 0 Å². The first-order chi connectivity index (χ1) is 12.9. The highest BCUT2D eigenvalue weighted by Gasteiger charge is 2.43. The number of hydrogen-bond donors (Lipinski definition) is 1. The lowest BCUT2D eigenvalue weighted by Gasteiger charge is -2.49. The highest BCUT2D eigenvalue weighted by molar-refractivity contribution is 5.49. The van der Waals surface area contributed by atoms with E-state index in [2.05, 4.69) is 82.1 Å². The molecule has 0 heterocycles. The van der Waals surface area contributed by atoms with Gasteiger partial charge in [-0.1, -0.05) is 70.2 Å². The van der Waals surface area contributed by atoms with Crippen LogP contribution >= 0.6 is 0 Å². The zero-order valence-electron chi connectivity index (χ0n) is 17.8. The Morgan fingerprint density at radius 3 is 2.30 bits per heavy atom. The second kappa shape index (κ2) is 8.09. The van der Waals surface area contributed by atoms with Crippen LogP contribution in [0, 0.1) is 16.7 Å². The van der Waals surface area contributed by atoms with Crippen molar-refractivity contribution in [2.24, 2.45) is 16.7 Å². The van der Waals surface area contributed by atoms with Crippen molar-refractivity contribution in [3.05, 3.63) is 65.8 Å². The molecule has 0 saturated heterocycles. The molecule has 146 valence electrons. The summed E-state index contributed by atoms with van der Waals surface area (Å²) in [6, 6.07) is 10.7. The lowest BCUT2D eigenvalue weighted by molar-refractivity contribution is 0.0756. The van der Waals surface area contributed by atoms with Crippen molar-refractivity contribution in [3.8, 4) is 0 Å². The molecule has 0 unspecified atom stereocenters. The number of rotatable bonds is 6. The Labute approximate surface area is 166 Å². The van der Waals surface area contributed by atoms with Gasteiger partial charge in [-0.2, -0.15) is 0 Å². The second-order valence-electron chi connectivity index (χ2n) is 9.24. The monoisotopic (exact) mass is 363 g/mol. The van der Waals surface area contributed by atoms with E-state index >= 15 is 0 Å². The van der Waals surface area contributed by atoms with Crippen LogP contribution in [0.25, 0.3) is 0 Å². The Kier molecular flexibility index (Phi) is 5.99. The van der Waals surface area contributed by atoms with Gasteiger partial charge >= 0.3 is 0 Å². The molecule has 0 aliphatic heterocycles. The lowest BCUT2D eigenvalue weighted by Crippen LogP contribution is -2.42. The first-order valence-corrected chi connectivity index (χ1v) is 10.8. The summed E-state index contributed by atoms with van der Waals surface area (Å²) in [5, 5.41) is 3.73. The standard InChI is InChI=1S/C26H37N/c1-6-24(23-14-10-11-21(23)4)25(5)15-17-26(18-16-25,20(2)3)19-27-22-12-8-7-9-13-22/h7-13,20,27H,4,6,14-19H2,1-3,5H3/b24-23+. The molecule has 0 spiro atoms. The zero-order chi connectivity index (χ0) is 19.5. The molecule has 0 aromatic heterocycles. The van der Waals surface area contributed by atoms with Gasteiger partial charge in [-0.25, -0.2) is 0 Å². The van der Waals surface area contributed by atoms with E-state index in [-0.39, 0.29) is 0 Å². The van der Waals surface area contributed by atoms with Gasteiger partial charge in [-0.05, 0) is 78.6 Å². The molecular formula is C26H37N. The summed E-state index contributed by atoms with van der Waals surface area (Å²) in [6.07, 6.45) is 11.9. The van der Waals surface area contributed by atoms with Crippen molar-refractivity contribution in [3.63, 3.8) is 0 Å². The van der Waals surface area contributed by atoms with E-state index in [9.17, 15) is 0 Å². The molecule has 1 aromatic rings. The third kappa shape index (κ3) is 4.08. The van der Waals surface area contributed by atoms with E-state index in [1.807, 2.05) is 0 Å². The van der Waals surface area contributed by atoms with Gasteiger partial charge in [0.1, 0.15) is 0 Å². The van der Waals surface area contributed by atoms with Crippen molar-refractivity contribution in [2.75, 3.05) is 11.9 Å². The van der Waals surface area contributed by atoms with Gasteiger partial charge in [0.15, 0.2) is 0 Å². The van der Waals surface area contributed by atoms with Crippen LogP contribution in [0.5, 0.6) is 0 Å².